The van der Waals surface area contributed by atoms with Crippen molar-refractivity contribution in [1.29, 1.82) is 0 Å². The van der Waals surface area contributed by atoms with Crippen LogP contribution in [0.1, 0.15) is 50.5 Å². The smallest absolute Gasteiger partial charge is 0.303 e. The average Bonchev–Trinajstić information content (AvgIpc) is 2.65. The lowest BCUT2D eigenvalue weighted by Gasteiger charge is -2.17. The summed E-state index contributed by atoms with van der Waals surface area (Å²) in [5.41, 5.74) is 1.96. The maximum absolute atomic E-state index is 11.9. The molecule has 6 heteroatoms. The van der Waals surface area contributed by atoms with E-state index in [1.54, 1.807) is 0 Å². The molecule has 2 atom stereocenters. The van der Waals surface area contributed by atoms with Crippen LogP contribution in [0.5, 0.6) is 0 Å². The number of nitrogens with one attached hydrogen (secondary N) is 1. The first-order valence-corrected chi connectivity index (χ1v) is 6.83. The standard InChI is InChI=1S/C14H23N3O3/c1-9(5-6-14(19)20)15-13(18)8-12(4)17-11(3)7-10(2)16-17/h7,9,12H,5-6,8H2,1-4H3,(H,15,18)(H,19,20). The van der Waals surface area contributed by atoms with Crippen molar-refractivity contribution < 1.29 is 14.7 Å². The summed E-state index contributed by atoms with van der Waals surface area (Å²) in [7, 11) is 0. The Hall–Kier alpha value is -1.85. The number of amides is 1. The maximum Gasteiger partial charge on any atom is 0.303 e. The molecular weight excluding hydrogens is 258 g/mol. The lowest BCUT2D eigenvalue weighted by Crippen LogP contribution is -2.34. The molecule has 112 valence electrons. The minimum Gasteiger partial charge on any atom is -0.481 e. The van der Waals surface area contributed by atoms with Crippen molar-refractivity contribution in [1.82, 2.24) is 15.1 Å². The molecule has 0 aliphatic heterocycles. The number of aryl methyl sites for hydroxylation is 2. The topological polar surface area (TPSA) is 84.2 Å². The van der Waals surface area contributed by atoms with E-state index in [1.807, 2.05) is 38.4 Å². The lowest BCUT2D eigenvalue weighted by molar-refractivity contribution is -0.137. The first kappa shape index (κ1) is 16.2. The van der Waals surface area contributed by atoms with Crippen LogP contribution in [-0.4, -0.2) is 32.8 Å². The zero-order valence-electron chi connectivity index (χ0n) is 12.5. The van der Waals surface area contributed by atoms with E-state index in [-0.39, 0.29) is 24.4 Å². The molecule has 1 rings (SSSR count). The van der Waals surface area contributed by atoms with Gasteiger partial charge in [0.05, 0.1) is 11.7 Å². The van der Waals surface area contributed by atoms with Gasteiger partial charge in [-0.05, 0) is 40.2 Å². The Labute approximate surface area is 119 Å². The minimum atomic E-state index is -0.845. The van der Waals surface area contributed by atoms with E-state index in [1.165, 1.54) is 0 Å². The minimum absolute atomic E-state index is 0.0182. The number of hydrogen-bond acceptors (Lipinski definition) is 3. The van der Waals surface area contributed by atoms with Gasteiger partial charge in [0, 0.05) is 24.6 Å². The highest BCUT2D eigenvalue weighted by Crippen LogP contribution is 2.14. The van der Waals surface area contributed by atoms with E-state index >= 15 is 0 Å². The zero-order valence-corrected chi connectivity index (χ0v) is 12.5. The van der Waals surface area contributed by atoms with Crippen molar-refractivity contribution in [3.63, 3.8) is 0 Å². The molecule has 20 heavy (non-hydrogen) atoms. The molecule has 0 aliphatic rings. The summed E-state index contributed by atoms with van der Waals surface area (Å²) in [5, 5.41) is 15.8. The van der Waals surface area contributed by atoms with Crippen LogP contribution in [-0.2, 0) is 9.59 Å². The number of carbonyl (C=O) groups excluding carboxylic acids is 1. The molecule has 1 aromatic heterocycles. The van der Waals surface area contributed by atoms with Crippen molar-refractivity contribution in [2.75, 3.05) is 0 Å². The Morgan fingerprint density at radius 3 is 2.55 bits per heavy atom. The number of carboxylic acids is 1. The number of aromatic nitrogens is 2. The van der Waals surface area contributed by atoms with Gasteiger partial charge in [0.2, 0.25) is 5.91 Å². The molecule has 1 heterocycles. The van der Waals surface area contributed by atoms with Crippen LogP contribution in [0.3, 0.4) is 0 Å². The van der Waals surface area contributed by atoms with Gasteiger partial charge < -0.3 is 10.4 Å². The van der Waals surface area contributed by atoms with E-state index in [0.717, 1.165) is 11.4 Å². The fraction of sp³-hybridized carbons (Fsp3) is 0.643. The maximum atomic E-state index is 11.9. The van der Waals surface area contributed by atoms with E-state index < -0.39 is 5.97 Å². The van der Waals surface area contributed by atoms with Crippen LogP contribution in [0.25, 0.3) is 0 Å². The van der Waals surface area contributed by atoms with Crippen LogP contribution in [0, 0.1) is 13.8 Å². The van der Waals surface area contributed by atoms with E-state index in [4.69, 9.17) is 5.11 Å². The van der Waals surface area contributed by atoms with Gasteiger partial charge in [-0.15, -0.1) is 0 Å². The van der Waals surface area contributed by atoms with Crippen LogP contribution in [0.4, 0.5) is 0 Å². The molecule has 0 bridgehead atoms. The highest BCUT2D eigenvalue weighted by atomic mass is 16.4. The van der Waals surface area contributed by atoms with Crippen molar-refractivity contribution >= 4 is 11.9 Å². The normalized spacial score (nSPS) is 13.8. The van der Waals surface area contributed by atoms with Gasteiger partial charge in [-0.1, -0.05) is 0 Å². The van der Waals surface area contributed by atoms with Crippen molar-refractivity contribution in [3.05, 3.63) is 17.5 Å². The highest BCUT2D eigenvalue weighted by molar-refractivity contribution is 5.76. The van der Waals surface area contributed by atoms with Crippen LogP contribution >= 0.6 is 0 Å². The first-order valence-electron chi connectivity index (χ1n) is 6.83. The largest absolute Gasteiger partial charge is 0.481 e. The Morgan fingerprint density at radius 1 is 1.40 bits per heavy atom. The number of rotatable bonds is 7. The average molecular weight is 281 g/mol. The summed E-state index contributed by atoms with van der Waals surface area (Å²) in [6.07, 6.45) is 0.836. The highest BCUT2D eigenvalue weighted by Gasteiger charge is 2.15. The number of aliphatic carboxylic acids is 1. The van der Waals surface area contributed by atoms with Crippen molar-refractivity contribution in [2.45, 2.75) is 59.0 Å². The zero-order chi connectivity index (χ0) is 15.3. The molecular formula is C14H23N3O3. The summed E-state index contributed by atoms with van der Waals surface area (Å²) in [6, 6.07) is 1.82. The molecule has 1 amide bonds. The summed E-state index contributed by atoms with van der Waals surface area (Å²) in [5.74, 6) is -0.926. The van der Waals surface area contributed by atoms with Gasteiger partial charge >= 0.3 is 5.97 Å². The molecule has 0 spiro atoms. The predicted octanol–water partition coefficient (Wildman–Crippen LogP) is 1.82. The second-order valence-electron chi connectivity index (χ2n) is 5.33. The molecule has 0 radical (unpaired) electrons. The monoisotopic (exact) mass is 281 g/mol. The second kappa shape index (κ2) is 7.07. The molecule has 2 unspecified atom stereocenters. The van der Waals surface area contributed by atoms with Gasteiger partial charge in [-0.3, -0.25) is 14.3 Å². The van der Waals surface area contributed by atoms with E-state index in [2.05, 4.69) is 10.4 Å². The van der Waals surface area contributed by atoms with Crippen molar-refractivity contribution in [2.24, 2.45) is 0 Å². The number of carboxylic acid groups (broad SMARTS) is 1. The van der Waals surface area contributed by atoms with Gasteiger partial charge in [0.25, 0.3) is 0 Å². The lowest BCUT2D eigenvalue weighted by atomic mass is 10.1. The van der Waals surface area contributed by atoms with Gasteiger partial charge in [0.1, 0.15) is 0 Å². The van der Waals surface area contributed by atoms with E-state index in [9.17, 15) is 9.59 Å². The number of nitrogens with zero attached hydrogens (tertiary/aromatic N) is 2. The fourth-order valence-electron chi connectivity index (χ4n) is 2.19. The first-order chi connectivity index (χ1) is 9.29. The second-order valence-corrected chi connectivity index (χ2v) is 5.33. The molecule has 2 N–H and O–H groups in total. The predicted molar refractivity (Wildman–Crippen MR) is 75.5 cm³/mol. The number of hydrogen-bond donors (Lipinski definition) is 2. The van der Waals surface area contributed by atoms with Crippen LogP contribution in [0.15, 0.2) is 6.07 Å². The Kier molecular flexibility index (Phi) is 5.73. The van der Waals surface area contributed by atoms with E-state index in [0.29, 0.717) is 12.8 Å². The molecule has 0 saturated carbocycles. The molecule has 0 aromatic carbocycles. The van der Waals surface area contributed by atoms with Gasteiger partial charge in [-0.2, -0.15) is 5.10 Å². The summed E-state index contributed by atoms with van der Waals surface area (Å²) in [6.45, 7) is 7.64. The van der Waals surface area contributed by atoms with Crippen LogP contribution < -0.4 is 5.32 Å². The Balaban J connectivity index is 2.45. The Bertz CT molecular complexity index is 482. The Morgan fingerprint density at radius 2 is 2.05 bits per heavy atom. The summed E-state index contributed by atoms with van der Waals surface area (Å²) in [4.78, 5) is 22.4. The quantitative estimate of drug-likeness (QED) is 0.798. The SMILES string of the molecule is Cc1cc(C)n(C(C)CC(=O)NC(C)CCC(=O)O)n1. The third-order valence-corrected chi connectivity index (χ3v) is 3.14. The van der Waals surface area contributed by atoms with Crippen LogP contribution in [0.2, 0.25) is 0 Å². The van der Waals surface area contributed by atoms with Crippen molar-refractivity contribution in [3.8, 4) is 0 Å². The summed E-state index contributed by atoms with van der Waals surface area (Å²) < 4.78 is 1.84. The summed E-state index contributed by atoms with van der Waals surface area (Å²) >= 11 is 0. The fourth-order valence-corrected chi connectivity index (χ4v) is 2.19. The molecule has 6 nitrogen and oxygen atoms in total. The van der Waals surface area contributed by atoms with Gasteiger partial charge in [0.15, 0.2) is 0 Å². The number of carbonyl (C=O) groups is 2. The third kappa shape index (κ3) is 5.03. The van der Waals surface area contributed by atoms with Gasteiger partial charge in [-0.25, -0.2) is 0 Å². The molecule has 0 aliphatic carbocycles. The molecule has 0 saturated heterocycles. The molecule has 0 fully saturated rings. The third-order valence-electron chi connectivity index (χ3n) is 3.14. The molecule has 1 aromatic rings.